The van der Waals surface area contributed by atoms with Crippen LogP contribution in [0.25, 0.3) is 0 Å². The van der Waals surface area contributed by atoms with Gasteiger partial charge in [-0.1, -0.05) is 35.3 Å². The van der Waals surface area contributed by atoms with E-state index in [1.807, 2.05) is 37.3 Å². The Bertz CT molecular complexity index is 568. The third-order valence-electron chi connectivity index (χ3n) is 2.68. The van der Waals surface area contributed by atoms with Gasteiger partial charge in [-0.05, 0) is 42.3 Å². The lowest BCUT2D eigenvalue weighted by Gasteiger charge is -2.09. The average molecular weight is 298 g/mol. The minimum Gasteiger partial charge on any atom is -0.398 e. The summed E-state index contributed by atoms with van der Waals surface area (Å²) in [6.07, 6.45) is 0. The highest BCUT2D eigenvalue weighted by Gasteiger charge is 2.06. The van der Waals surface area contributed by atoms with E-state index < -0.39 is 0 Å². The van der Waals surface area contributed by atoms with Crippen molar-refractivity contribution < 1.29 is 0 Å². The Morgan fingerprint density at radius 3 is 2.72 bits per heavy atom. The molecule has 4 heteroatoms. The molecule has 0 unspecified atom stereocenters. The molecule has 2 aromatic rings. The number of anilines is 1. The van der Waals surface area contributed by atoms with Gasteiger partial charge in [0.25, 0.3) is 0 Å². The summed E-state index contributed by atoms with van der Waals surface area (Å²) in [7, 11) is 0. The summed E-state index contributed by atoms with van der Waals surface area (Å²) in [6.45, 7) is 2.01. The fraction of sp³-hybridized carbons (Fsp3) is 0.143. The van der Waals surface area contributed by atoms with Crippen molar-refractivity contribution in [2.75, 3.05) is 5.73 Å². The van der Waals surface area contributed by atoms with Crippen LogP contribution in [-0.2, 0) is 5.75 Å². The molecule has 0 amide bonds. The number of nitrogens with two attached hydrogens (primary N) is 1. The summed E-state index contributed by atoms with van der Waals surface area (Å²) in [5, 5.41) is 1.44. The first-order chi connectivity index (χ1) is 8.58. The van der Waals surface area contributed by atoms with E-state index in [0.717, 1.165) is 32.5 Å². The maximum Gasteiger partial charge on any atom is 0.0482 e. The van der Waals surface area contributed by atoms with Gasteiger partial charge in [-0.3, -0.25) is 0 Å². The van der Waals surface area contributed by atoms with Crippen molar-refractivity contribution >= 4 is 40.7 Å². The third-order valence-corrected chi connectivity index (χ3v) is 4.40. The Morgan fingerprint density at radius 1 is 1.17 bits per heavy atom. The van der Waals surface area contributed by atoms with Gasteiger partial charge >= 0.3 is 0 Å². The van der Waals surface area contributed by atoms with Crippen LogP contribution in [0.4, 0.5) is 5.69 Å². The van der Waals surface area contributed by atoms with Crippen molar-refractivity contribution in [3.8, 4) is 0 Å². The van der Waals surface area contributed by atoms with E-state index in [0.29, 0.717) is 5.02 Å². The zero-order valence-corrected chi connectivity index (χ0v) is 12.2. The van der Waals surface area contributed by atoms with Crippen LogP contribution in [0.15, 0.2) is 41.3 Å². The highest BCUT2D eigenvalue weighted by atomic mass is 35.5. The number of aryl methyl sites for hydroxylation is 1. The van der Waals surface area contributed by atoms with Gasteiger partial charge in [0.05, 0.1) is 0 Å². The van der Waals surface area contributed by atoms with Crippen LogP contribution in [0.3, 0.4) is 0 Å². The maximum absolute atomic E-state index is 6.13. The van der Waals surface area contributed by atoms with Gasteiger partial charge in [-0.15, -0.1) is 11.8 Å². The molecular weight excluding hydrogens is 285 g/mol. The van der Waals surface area contributed by atoms with Gasteiger partial charge < -0.3 is 5.73 Å². The summed E-state index contributed by atoms with van der Waals surface area (Å²) in [5.41, 5.74) is 8.99. The van der Waals surface area contributed by atoms with Crippen LogP contribution in [0.2, 0.25) is 10.0 Å². The third kappa shape index (κ3) is 3.14. The van der Waals surface area contributed by atoms with Crippen LogP contribution >= 0.6 is 35.0 Å². The Balaban J connectivity index is 2.16. The second kappa shape index (κ2) is 5.87. The number of para-hydroxylation sites is 1. The van der Waals surface area contributed by atoms with Crippen LogP contribution < -0.4 is 5.73 Å². The molecule has 2 N–H and O–H groups in total. The van der Waals surface area contributed by atoms with Crippen LogP contribution in [0.1, 0.15) is 11.1 Å². The fourth-order valence-electron chi connectivity index (χ4n) is 1.59. The van der Waals surface area contributed by atoms with E-state index in [2.05, 4.69) is 0 Å². The van der Waals surface area contributed by atoms with Crippen molar-refractivity contribution in [3.63, 3.8) is 0 Å². The van der Waals surface area contributed by atoms with E-state index in [1.54, 1.807) is 17.8 Å². The lowest BCUT2D eigenvalue weighted by molar-refractivity contribution is 1.34. The molecule has 0 bridgehead atoms. The number of nitrogen functional groups attached to an aromatic ring is 1. The molecule has 0 aliphatic heterocycles. The summed E-state index contributed by atoms with van der Waals surface area (Å²) in [5.74, 6) is 0.757. The Kier molecular flexibility index (Phi) is 4.44. The number of hydrogen-bond acceptors (Lipinski definition) is 2. The molecule has 2 rings (SSSR count). The minimum atomic E-state index is 0.701. The van der Waals surface area contributed by atoms with Gasteiger partial charge in [0.15, 0.2) is 0 Å². The molecule has 0 saturated heterocycles. The number of benzene rings is 2. The summed E-state index contributed by atoms with van der Waals surface area (Å²) in [4.78, 5) is 1.08. The topological polar surface area (TPSA) is 26.0 Å². The molecule has 94 valence electrons. The van der Waals surface area contributed by atoms with Crippen molar-refractivity contribution in [3.05, 3.63) is 57.6 Å². The molecule has 0 aliphatic rings. The maximum atomic E-state index is 6.13. The van der Waals surface area contributed by atoms with Crippen molar-refractivity contribution in [1.82, 2.24) is 0 Å². The van der Waals surface area contributed by atoms with Crippen molar-refractivity contribution in [1.29, 1.82) is 0 Å². The van der Waals surface area contributed by atoms with E-state index in [4.69, 9.17) is 28.9 Å². The van der Waals surface area contributed by atoms with E-state index in [-0.39, 0.29) is 0 Å². The van der Waals surface area contributed by atoms with Gasteiger partial charge in [-0.2, -0.15) is 0 Å². The molecule has 0 aliphatic carbocycles. The standard InChI is InChI=1S/C14H13Cl2NS/c1-9-3-2-4-13(14(9)17)18-8-10-7-11(15)5-6-12(10)16/h2-7H,8,17H2,1H3. The van der Waals surface area contributed by atoms with Gasteiger partial charge in [0.2, 0.25) is 0 Å². The lowest BCUT2D eigenvalue weighted by atomic mass is 10.2. The molecule has 0 fully saturated rings. The second-order valence-corrected chi connectivity index (χ2v) is 5.87. The van der Waals surface area contributed by atoms with Gasteiger partial charge in [0.1, 0.15) is 0 Å². The number of thioether (sulfide) groups is 1. The predicted molar refractivity (Wildman–Crippen MR) is 81.6 cm³/mol. The van der Waals surface area contributed by atoms with Crippen LogP contribution in [0, 0.1) is 6.92 Å². The molecule has 0 heterocycles. The quantitative estimate of drug-likeness (QED) is 0.624. The Hall–Kier alpha value is -0.830. The minimum absolute atomic E-state index is 0.701. The zero-order chi connectivity index (χ0) is 13.1. The number of hydrogen-bond donors (Lipinski definition) is 1. The molecule has 0 saturated carbocycles. The van der Waals surface area contributed by atoms with Crippen molar-refractivity contribution in [2.24, 2.45) is 0 Å². The van der Waals surface area contributed by atoms with E-state index >= 15 is 0 Å². The first-order valence-electron chi connectivity index (χ1n) is 5.50. The first-order valence-corrected chi connectivity index (χ1v) is 7.24. The summed E-state index contributed by atoms with van der Waals surface area (Å²) < 4.78 is 0. The first kappa shape index (κ1) is 13.6. The molecular formula is C14H13Cl2NS. The summed E-state index contributed by atoms with van der Waals surface area (Å²) >= 11 is 13.8. The highest BCUT2D eigenvalue weighted by Crippen LogP contribution is 2.32. The second-order valence-electron chi connectivity index (χ2n) is 4.01. The van der Waals surface area contributed by atoms with Gasteiger partial charge in [-0.25, -0.2) is 0 Å². The lowest BCUT2D eigenvalue weighted by Crippen LogP contribution is -1.92. The number of rotatable bonds is 3. The largest absolute Gasteiger partial charge is 0.398 e. The molecule has 0 radical (unpaired) electrons. The SMILES string of the molecule is Cc1cccc(SCc2cc(Cl)ccc2Cl)c1N. The monoisotopic (exact) mass is 297 g/mol. The van der Waals surface area contributed by atoms with E-state index in [9.17, 15) is 0 Å². The van der Waals surface area contributed by atoms with Crippen molar-refractivity contribution in [2.45, 2.75) is 17.6 Å². The predicted octanol–water partition coefficient (Wildman–Crippen LogP) is 5.18. The zero-order valence-electron chi connectivity index (χ0n) is 9.91. The number of halogens is 2. The molecule has 0 spiro atoms. The fourth-order valence-corrected chi connectivity index (χ4v) is 3.09. The summed E-state index contributed by atoms with van der Waals surface area (Å²) in [6, 6.07) is 11.5. The van der Waals surface area contributed by atoms with E-state index in [1.165, 1.54) is 0 Å². The average Bonchev–Trinajstić information content (AvgIpc) is 2.35. The highest BCUT2D eigenvalue weighted by molar-refractivity contribution is 7.98. The normalized spacial score (nSPS) is 10.6. The molecule has 0 aromatic heterocycles. The molecule has 2 aromatic carbocycles. The molecule has 18 heavy (non-hydrogen) atoms. The molecule has 1 nitrogen and oxygen atoms in total. The van der Waals surface area contributed by atoms with Crippen LogP contribution in [-0.4, -0.2) is 0 Å². The Labute approximate surface area is 121 Å². The van der Waals surface area contributed by atoms with Crippen LogP contribution in [0.5, 0.6) is 0 Å². The smallest absolute Gasteiger partial charge is 0.0482 e. The Morgan fingerprint density at radius 2 is 1.94 bits per heavy atom. The molecule has 0 atom stereocenters. The van der Waals surface area contributed by atoms with Gasteiger partial charge in [0, 0.05) is 26.4 Å².